The number of unbranched alkanes of at least 4 members (excludes halogenated alkanes) is 3. The molecule has 0 radical (unpaired) electrons. The summed E-state index contributed by atoms with van der Waals surface area (Å²) in [5.74, 6) is 1.20. The third-order valence-corrected chi connectivity index (χ3v) is 3.73. The zero-order valence-electron chi connectivity index (χ0n) is 11.5. The highest BCUT2D eigenvalue weighted by atomic mass is 15.0. The SMILES string of the molecule is CCCCCCc1ncc2ccc3ccccc3n12. The molecule has 0 saturated carbocycles. The lowest BCUT2D eigenvalue weighted by molar-refractivity contribution is 0.652. The van der Waals surface area contributed by atoms with Crippen LogP contribution in [0.2, 0.25) is 0 Å². The van der Waals surface area contributed by atoms with E-state index in [1.807, 2.05) is 6.20 Å². The molecule has 19 heavy (non-hydrogen) atoms. The highest BCUT2D eigenvalue weighted by molar-refractivity contribution is 5.82. The molecule has 0 amide bonds. The lowest BCUT2D eigenvalue weighted by atomic mass is 10.1. The first-order chi connectivity index (χ1) is 9.40. The molecular weight excluding hydrogens is 232 g/mol. The van der Waals surface area contributed by atoms with Crippen molar-refractivity contribution in [3.63, 3.8) is 0 Å². The van der Waals surface area contributed by atoms with Crippen LogP contribution in [-0.2, 0) is 6.42 Å². The fourth-order valence-electron chi connectivity index (χ4n) is 2.69. The molecule has 2 nitrogen and oxygen atoms in total. The maximum absolute atomic E-state index is 4.61. The van der Waals surface area contributed by atoms with Crippen LogP contribution in [0, 0.1) is 0 Å². The molecule has 0 atom stereocenters. The van der Waals surface area contributed by atoms with Crippen LogP contribution < -0.4 is 0 Å². The zero-order valence-corrected chi connectivity index (χ0v) is 11.5. The van der Waals surface area contributed by atoms with Crippen molar-refractivity contribution < 1.29 is 0 Å². The van der Waals surface area contributed by atoms with Gasteiger partial charge in [-0.15, -0.1) is 0 Å². The number of pyridine rings is 1. The van der Waals surface area contributed by atoms with Crippen molar-refractivity contribution in [3.8, 4) is 0 Å². The molecule has 0 aliphatic carbocycles. The molecule has 2 aromatic heterocycles. The first-order valence-electron chi connectivity index (χ1n) is 7.24. The Hall–Kier alpha value is -1.83. The van der Waals surface area contributed by atoms with Gasteiger partial charge in [-0.05, 0) is 23.9 Å². The molecule has 0 spiro atoms. The van der Waals surface area contributed by atoms with Gasteiger partial charge in [0.25, 0.3) is 0 Å². The number of hydrogen-bond acceptors (Lipinski definition) is 1. The van der Waals surface area contributed by atoms with E-state index >= 15 is 0 Å². The number of rotatable bonds is 5. The summed E-state index contributed by atoms with van der Waals surface area (Å²) in [6, 6.07) is 12.9. The number of hydrogen-bond donors (Lipinski definition) is 0. The van der Waals surface area contributed by atoms with E-state index in [2.05, 4.69) is 52.7 Å². The molecule has 0 fully saturated rings. The molecule has 3 rings (SSSR count). The summed E-state index contributed by atoms with van der Waals surface area (Å²) in [6.07, 6.45) is 8.20. The summed E-state index contributed by atoms with van der Waals surface area (Å²) in [6.45, 7) is 2.25. The van der Waals surface area contributed by atoms with Crippen molar-refractivity contribution in [2.75, 3.05) is 0 Å². The molecule has 0 unspecified atom stereocenters. The minimum absolute atomic E-state index is 1.07. The zero-order chi connectivity index (χ0) is 13.1. The van der Waals surface area contributed by atoms with Crippen molar-refractivity contribution in [2.45, 2.75) is 39.0 Å². The van der Waals surface area contributed by atoms with Crippen LogP contribution in [0.25, 0.3) is 16.4 Å². The fraction of sp³-hybridized carbons (Fsp3) is 0.353. The second-order valence-corrected chi connectivity index (χ2v) is 5.14. The first kappa shape index (κ1) is 12.2. The molecule has 0 aliphatic heterocycles. The molecule has 0 saturated heterocycles. The fourth-order valence-corrected chi connectivity index (χ4v) is 2.69. The van der Waals surface area contributed by atoms with Gasteiger partial charge < -0.3 is 0 Å². The van der Waals surface area contributed by atoms with Crippen LogP contribution in [0.1, 0.15) is 38.4 Å². The normalized spacial score (nSPS) is 11.4. The highest BCUT2D eigenvalue weighted by Gasteiger charge is 2.06. The molecule has 98 valence electrons. The maximum Gasteiger partial charge on any atom is 0.113 e. The van der Waals surface area contributed by atoms with E-state index in [-0.39, 0.29) is 0 Å². The van der Waals surface area contributed by atoms with E-state index in [1.54, 1.807) is 0 Å². The van der Waals surface area contributed by atoms with Gasteiger partial charge in [-0.3, -0.25) is 4.40 Å². The molecule has 2 heterocycles. The summed E-state index contributed by atoms with van der Waals surface area (Å²) in [7, 11) is 0. The average molecular weight is 252 g/mol. The second-order valence-electron chi connectivity index (χ2n) is 5.14. The molecule has 3 aromatic rings. The van der Waals surface area contributed by atoms with Crippen LogP contribution in [0.5, 0.6) is 0 Å². The second kappa shape index (κ2) is 5.43. The average Bonchev–Trinajstić information content (AvgIpc) is 2.87. The van der Waals surface area contributed by atoms with E-state index in [0.717, 1.165) is 6.42 Å². The molecule has 0 bridgehead atoms. The van der Waals surface area contributed by atoms with E-state index in [9.17, 15) is 0 Å². The predicted molar refractivity (Wildman–Crippen MR) is 80.5 cm³/mol. The van der Waals surface area contributed by atoms with Crippen molar-refractivity contribution in [1.82, 2.24) is 9.38 Å². The van der Waals surface area contributed by atoms with Crippen molar-refractivity contribution in [2.24, 2.45) is 0 Å². The monoisotopic (exact) mass is 252 g/mol. The lowest BCUT2D eigenvalue weighted by Gasteiger charge is -2.06. The van der Waals surface area contributed by atoms with Gasteiger partial charge in [-0.25, -0.2) is 4.98 Å². The van der Waals surface area contributed by atoms with Gasteiger partial charge in [0.1, 0.15) is 5.82 Å². The van der Waals surface area contributed by atoms with Crippen LogP contribution in [-0.4, -0.2) is 9.38 Å². The summed E-state index contributed by atoms with van der Waals surface area (Å²) in [5, 5.41) is 1.28. The number of aromatic nitrogens is 2. The van der Waals surface area contributed by atoms with Gasteiger partial charge in [-0.2, -0.15) is 0 Å². The van der Waals surface area contributed by atoms with Gasteiger partial charge in [-0.1, -0.05) is 50.5 Å². The summed E-state index contributed by atoms with van der Waals surface area (Å²) in [5.41, 5.74) is 2.46. The minimum Gasteiger partial charge on any atom is -0.296 e. The molecule has 2 heteroatoms. The molecular formula is C17H20N2. The van der Waals surface area contributed by atoms with Gasteiger partial charge in [0.05, 0.1) is 17.2 Å². The summed E-state index contributed by atoms with van der Waals surface area (Å²) in [4.78, 5) is 4.61. The first-order valence-corrected chi connectivity index (χ1v) is 7.24. The molecule has 1 aromatic carbocycles. The Morgan fingerprint density at radius 1 is 1.00 bits per heavy atom. The van der Waals surface area contributed by atoms with Gasteiger partial charge >= 0.3 is 0 Å². The number of fused-ring (bicyclic) bond motifs is 3. The van der Waals surface area contributed by atoms with Crippen LogP contribution in [0.15, 0.2) is 42.6 Å². The summed E-state index contributed by atoms with van der Waals surface area (Å²) < 4.78 is 2.31. The van der Waals surface area contributed by atoms with Gasteiger partial charge in [0.2, 0.25) is 0 Å². The van der Waals surface area contributed by atoms with Crippen LogP contribution in [0.3, 0.4) is 0 Å². The number of para-hydroxylation sites is 1. The van der Waals surface area contributed by atoms with E-state index in [4.69, 9.17) is 0 Å². The number of nitrogens with zero attached hydrogens (tertiary/aromatic N) is 2. The lowest BCUT2D eigenvalue weighted by Crippen LogP contribution is -1.96. The smallest absolute Gasteiger partial charge is 0.113 e. The minimum atomic E-state index is 1.07. The van der Waals surface area contributed by atoms with Crippen molar-refractivity contribution >= 4 is 16.4 Å². The van der Waals surface area contributed by atoms with Gasteiger partial charge in [0.15, 0.2) is 0 Å². The predicted octanol–water partition coefficient (Wildman–Crippen LogP) is 4.61. The molecule has 0 aliphatic rings. The summed E-state index contributed by atoms with van der Waals surface area (Å²) >= 11 is 0. The molecule has 0 N–H and O–H groups in total. The Kier molecular flexibility index (Phi) is 3.49. The van der Waals surface area contributed by atoms with E-state index in [0.29, 0.717) is 0 Å². The number of benzene rings is 1. The maximum atomic E-state index is 4.61. The quantitative estimate of drug-likeness (QED) is 0.606. The standard InChI is InChI=1S/C17H20N2/c1-2-3-4-5-10-17-18-13-15-12-11-14-8-6-7-9-16(14)19(15)17/h6-9,11-13H,2-5,10H2,1H3. The Morgan fingerprint density at radius 3 is 2.79 bits per heavy atom. The largest absolute Gasteiger partial charge is 0.296 e. The van der Waals surface area contributed by atoms with Crippen LogP contribution in [0.4, 0.5) is 0 Å². The Balaban J connectivity index is 1.98. The third-order valence-electron chi connectivity index (χ3n) is 3.73. The van der Waals surface area contributed by atoms with Crippen molar-refractivity contribution in [1.29, 1.82) is 0 Å². The highest BCUT2D eigenvalue weighted by Crippen LogP contribution is 2.19. The Bertz CT molecular complexity index is 682. The number of aryl methyl sites for hydroxylation is 1. The van der Waals surface area contributed by atoms with E-state index < -0.39 is 0 Å². The van der Waals surface area contributed by atoms with E-state index in [1.165, 1.54) is 47.9 Å². The Labute approximate surface area is 114 Å². The number of imidazole rings is 1. The third kappa shape index (κ3) is 2.35. The topological polar surface area (TPSA) is 17.3 Å². The van der Waals surface area contributed by atoms with Gasteiger partial charge in [0, 0.05) is 6.42 Å². The van der Waals surface area contributed by atoms with Crippen LogP contribution >= 0.6 is 0 Å². The van der Waals surface area contributed by atoms with Crippen molar-refractivity contribution in [3.05, 3.63) is 48.4 Å². The Morgan fingerprint density at radius 2 is 1.89 bits per heavy atom.